The quantitative estimate of drug-likeness (QED) is 0.449. The van der Waals surface area contributed by atoms with Crippen molar-refractivity contribution >= 4 is 12.0 Å². The van der Waals surface area contributed by atoms with Crippen LogP contribution in [0.3, 0.4) is 0 Å². The van der Waals surface area contributed by atoms with Crippen molar-refractivity contribution in [1.29, 1.82) is 0 Å². The summed E-state index contributed by atoms with van der Waals surface area (Å²) in [5.74, 6) is -0.757. The average Bonchev–Trinajstić information content (AvgIpc) is 2.43. The summed E-state index contributed by atoms with van der Waals surface area (Å²) in [5, 5.41) is 14.1. The summed E-state index contributed by atoms with van der Waals surface area (Å²) in [7, 11) is 0. The fraction of sp³-hybridized carbons (Fsp3) is 0.733. The van der Waals surface area contributed by atoms with Gasteiger partial charge < -0.3 is 15.7 Å². The number of nitrogens with one attached hydrogen (secondary N) is 2. The van der Waals surface area contributed by atoms with Crippen molar-refractivity contribution in [3.05, 3.63) is 11.6 Å². The minimum absolute atomic E-state index is 0.125. The van der Waals surface area contributed by atoms with Gasteiger partial charge in [0.2, 0.25) is 0 Å². The number of carboxylic acids is 1. The minimum atomic E-state index is -0.757. The van der Waals surface area contributed by atoms with Crippen LogP contribution in [0.1, 0.15) is 57.8 Å². The number of urea groups is 1. The van der Waals surface area contributed by atoms with E-state index in [-0.39, 0.29) is 12.5 Å². The van der Waals surface area contributed by atoms with Crippen molar-refractivity contribution in [1.82, 2.24) is 10.6 Å². The third-order valence-corrected chi connectivity index (χ3v) is 3.47. The summed E-state index contributed by atoms with van der Waals surface area (Å²) in [6.45, 7) is 1.30. The Hall–Kier alpha value is -1.52. The van der Waals surface area contributed by atoms with E-state index in [9.17, 15) is 9.59 Å². The highest BCUT2D eigenvalue weighted by molar-refractivity contribution is 5.73. The summed E-state index contributed by atoms with van der Waals surface area (Å²) in [6.07, 6.45) is 10.7. The van der Waals surface area contributed by atoms with Crippen molar-refractivity contribution in [2.75, 3.05) is 13.1 Å². The van der Waals surface area contributed by atoms with Crippen LogP contribution in [0.2, 0.25) is 0 Å². The Morgan fingerprint density at radius 3 is 2.60 bits per heavy atom. The van der Waals surface area contributed by atoms with Gasteiger partial charge in [-0.1, -0.05) is 18.1 Å². The number of hydrogen-bond acceptors (Lipinski definition) is 2. The molecule has 2 amide bonds. The first-order valence-corrected chi connectivity index (χ1v) is 7.60. The van der Waals surface area contributed by atoms with Crippen LogP contribution in [0.4, 0.5) is 4.79 Å². The Bertz CT molecular complexity index is 340. The molecule has 0 aromatic rings. The molecule has 0 radical (unpaired) electrons. The van der Waals surface area contributed by atoms with Crippen LogP contribution < -0.4 is 10.6 Å². The summed E-state index contributed by atoms with van der Waals surface area (Å²) < 4.78 is 0. The van der Waals surface area contributed by atoms with Crippen molar-refractivity contribution in [3.8, 4) is 0 Å². The predicted octanol–water partition coefficient (Wildman–Crippen LogP) is 2.82. The molecule has 20 heavy (non-hydrogen) atoms. The Kier molecular flexibility index (Phi) is 8.51. The van der Waals surface area contributed by atoms with E-state index < -0.39 is 5.97 Å². The molecule has 0 aromatic carbocycles. The molecule has 0 saturated heterocycles. The first kappa shape index (κ1) is 16.5. The summed E-state index contributed by atoms with van der Waals surface area (Å²) in [5.41, 5.74) is 1.46. The number of allylic oxidation sites excluding steroid dienone is 1. The lowest BCUT2D eigenvalue weighted by atomic mass is 9.97. The number of carbonyl (C=O) groups excluding carboxylic acids is 1. The number of rotatable bonds is 9. The van der Waals surface area contributed by atoms with E-state index in [4.69, 9.17) is 5.11 Å². The van der Waals surface area contributed by atoms with Crippen molar-refractivity contribution < 1.29 is 14.7 Å². The molecule has 0 heterocycles. The monoisotopic (exact) mass is 282 g/mol. The molecule has 1 aliphatic carbocycles. The summed E-state index contributed by atoms with van der Waals surface area (Å²) in [4.78, 5) is 21.8. The van der Waals surface area contributed by atoms with Gasteiger partial charge in [0.15, 0.2) is 0 Å². The second kappa shape index (κ2) is 10.3. The number of unbranched alkanes of at least 4 members (excludes halogenated alkanes) is 2. The van der Waals surface area contributed by atoms with E-state index in [1.165, 1.54) is 31.3 Å². The van der Waals surface area contributed by atoms with Gasteiger partial charge in [-0.2, -0.15) is 0 Å². The number of carboxylic acid groups (broad SMARTS) is 1. The molecule has 0 bridgehead atoms. The number of aliphatic carboxylic acids is 1. The van der Waals surface area contributed by atoms with Crippen LogP contribution in [0, 0.1) is 0 Å². The number of carbonyl (C=O) groups is 2. The van der Waals surface area contributed by atoms with Gasteiger partial charge in [0.1, 0.15) is 0 Å². The van der Waals surface area contributed by atoms with Gasteiger partial charge in [-0.3, -0.25) is 4.79 Å². The zero-order valence-electron chi connectivity index (χ0n) is 12.1. The molecule has 5 nitrogen and oxygen atoms in total. The third kappa shape index (κ3) is 8.56. The van der Waals surface area contributed by atoms with E-state index in [1.54, 1.807) is 0 Å². The van der Waals surface area contributed by atoms with E-state index in [2.05, 4.69) is 16.7 Å². The van der Waals surface area contributed by atoms with Crippen LogP contribution in [-0.2, 0) is 4.79 Å². The van der Waals surface area contributed by atoms with E-state index in [1.807, 2.05) is 0 Å². The van der Waals surface area contributed by atoms with Crippen LogP contribution in [0.15, 0.2) is 11.6 Å². The SMILES string of the molecule is O=C(O)CCCCCNC(=O)NCCC1=CCCCC1. The fourth-order valence-corrected chi connectivity index (χ4v) is 2.31. The van der Waals surface area contributed by atoms with Gasteiger partial charge in [-0.15, -0.1) is 0 Å². The molecular formula is C15H26N2O3. The molecule has 0 saturated carbocycles. The summed E-state index contributed by atoms with van der Waals surface area (Å²) >= 11 is 0. The van der Waals surface area contributed by atoms with Gasteiger partial charge >= 0.3 is 12.0 Å². The van der Waals surface area contributed by atoms with Gasteiger partial charge in [0.25, 0.3) is 0 Å². The molecule has 0 aliphatic heterocycles. The van der Waals surface area contributed by atoms with E-state index in [0.29, 0.717) is 19.5 Å². The number of amides is 2. The second-order valence-electron chi connectivity index (χ2n) is 5.25. The largest absolute Gasteiger partial charge is 0.481 e. The summed E-state index contributed by atoms with van der Waals surface area (Å²) in [6, 6.07) is -0.125. The molecule has 3 N–H and O–H groups in total. The highest BCUT2D eigenvalue weighted by Crippen LogP contribution is 2.19. The Morgan fingerprint density at radius 1 is 1.10 bits per heavy atom. The first-order valence-electron chi connectivity index (χ1n) is 7.60. The Labute approximate surface area is 120 Å². The van der Waals surface area contributed by atoms with E-state index >= 15 is 0 Å². The Morgan fingerprint density at radius 2 is 1.90 bits per heavy atom. The predicted molar refractivity (Wildman–Crippen MR) is 78.7 cm³/mol. The fourth-order valence-electron chi connectivity index (χ4n) is 2.31. The highest BCUT2D eigenvalue weighted by Gasteiger charge is 2.04. The lowest BCUT2D eigenvalue weighted by Gasteiger charge is -2.13. The molecule has 1 rings (SSSR count). The van der Waals surface area contributed by atoms with E-state index in [0.717, 1.165) is 19.3 Å². The molecule has 5 heteroatoms. The smallest absolute Gasteiger partial charge is 0.314 e. The third-order valence-electron chi connectivity index (χ3n) is 3.47. The molecule has 0 aromatic heterocycles. The Balaban J connectivity index is 1.92. The maximum Gasteiger partial charge on any atom is 0.314 e. The maximum absolute atomic E-state index is 11.5. The van der Waals surface area contributed by atoms with Gasteiger partial charge in [-0.25, -0.2) is 4.79 Å². The van der Waals surface area contributed by atoms with Crippen LogP contribution in [-0.4, -0.2) is 30.2 Å². The average molecular weight is 282 g/mol. The lowest BCUT2D eigenvalue weighted by Crippen LogP contribution is -2.36. The van der Waals surface area contributed by atoms with Crippen LogP contribution in [0.5, 0.6) is 0 Å². The first-order chi connectivity index (χ1) is 9.68. The number of hydrogen-bond donors (Lipinski definition) is 3. The van der Waals surface area contributed by atoms with Crippen molar-refractivity contribution in [2.24, 2.45) is 0 Å². The highest BCUT2D eigenvalue weighted by atomic mass is 16.4. The molecule has 0 unspecified atom stereocenters. The van der Waals surface area contributed by atoms with Crippen molar-refractivity contribution in [2.45, 2.75) is 57.8 Å². The topological polar surface area (TPSA) is 78.4 Å². The minimum Gasteiger partial charge on any atom is -0.481 e. The second-order valence-corrected chi connectivity index (χ2v) is 5.25. The molecule has 0 fully saturated rings. The van der Waals surface area contributed by atoms with Gasteiger partial charge in [0.05, 0.1) is 0 Å². The zero-order valence-corrected chi connectivity index (χ0v) is 12.1. The molecule has 0 spiro atoms. The van der Waals surface area contributed by atoms with Gasteiger partial charge in [-0.05, 0) is 44.9 Å². The molecule has 1 aliphatic rings. The molecular weight excluding hydrogens is 256 g/mol. The zero-order chi connectivity index (χ0) is 14.6. The lowest BCUT2D eigenvalue weighted by molar-refractivity contribution is -0.137. The van der Waals surface area contributed by atoms with Crippen molar-refractivity contribution in [3.63, 3.8) is 0 Å². The normalized spacial score (nSPS) is 14.5. The van der Waals surface area contributed by atoms with Gasteiger partial charge in [0, 0.05) is 19.5 Å². The standard InChI is InChI=1S/C15H26N2O3/c18-14(19)9-5-2-6-11-16-15(20)17-12-10-13-7-3-1-4-8-13/h7H,1-6,8-12H2,(H,18,19)(H2,16,17,20). The maximum atomic E-state index is 11.5. The molecule has 0 atom stereocenters. The molecule has 114 valence electrons. The van der Waals surface area contributed by atoms with Crippen LogP contribution in [0.25, 0.3) is 0 Å². The van der Waals surface area contributed by atoms with Crippen LogP contribution >= 0.6 is 0 Å².